The number of nitrogens with one attached hydrogen (secondary N) is 2. The van der Waals surface area contributed by atoms with Crippen molar-refractivity contribution in [1.29, 1.82) is 0 Å². The summed E-state index contributed by atoms with van der Waals surface area (Å²) in [7, 11) is 1.85. The molecular formula is C22H24F3N7O2. The van der Waals surface area contributed by atoms with Gasteiger partial charge in [0.2, 0.25) is 5.91 Å². The maximum Gasteiger partial charge on any atom is 0.408 e. The Labute approximate surface area is 193 Å². The van der Waals surface area contributed by atoms with Crippen LogP contribution < -0.4 is 16.5 Å². The zero-order valence-electron chi connectivity index (χ0n) is 18.6. The van der Waals surface area contributed by atoms with E-state index in [9.17, 15) is 22.8 Å². The molecular weight excluding hydrogens is 451 g/mol. The summed E-state index contributed by atoms with van der Waals surface area (Å²) < 4.78 is 39.7. The number of alkyl halides is 3. The van der Waals surface area contributed by atoms with E-state index in [1.807, 2.05) is 30.6 Å². The highest BCUT2D eigenvalue weighted by molar-refractivity contribution is 6.05. The average Bonchev–Trinajstić information content (AvgIpc) is 3.28. The van der Waals surface area contributed by atoms with Crippen LogP contribution in [0.5, 0.6) is 0 Å². The summed E-state index contributed by atoms with van der Waals surface area (Å²) in [5.74, 6) is 3.10. The number of benzene rings is 2. The summed E-state index contributed by atoms with van der Waals surface area (Å²) in [6.45, 7) is 3.45. The van der Waals surface area contributed by atoms with Crippen LogP contribution in [0.15, 0.2) is 47.7 Å². The molecule has 1 unspecified atom stereocenters. The summed E-state index contributed by atoms with van der Waals surface area (Å²) in [4.78, 5) is 26.2. The SMILES string of the molecule is C=NN.CC(NC(=O)CN1Cc2cccc(Nc3ccc4c(cnn4C)c3)c2C1=O)C(F)(F)F. The minimum Gasteiger partial charge on any atom is -0.355 e. The number of anilines is 2. The molecule has 3 aromatic rings. The highest BCUT2D eigenvalue weighted by atomic mass is 19.4. The van der Waals surface area contributed by atoms with E-state index >= 15 is 0 Å². The fourth-order valence-corrected chi connectivity index (χ4v) is 3.59. The standard InChI is InChI=1S/C21H20F3N5O2.CH4N2/c1-12(21(22,23)24)26-18(30)11-29-10-13-4-3-5-16(19(13)20(29)31)27-15-6-7-17-14(8-15)9-25-28(17)2;1-3-2/h3-9,12,27H,10-11H2,1-2H3,(H,26,30);1-2H2. The smallest absolute Gasteiger partial charge is 0.355 e. The molecule has 0 aliphatic carbocycles. The second-order valence-corrected chi connectivity index (χ2v) is 7.68. The van der Waals surface area contributed by atoms with Crippen LogP contribution in [0.1, 0.15) is 22.8 Å². The van der Waals surface area contributed by atoms with Crippen molar-refractivity contribution in [3.63, 3.8) is 0 Å². The van der Waals surface area contributed by atoms with Crippen molar-refractivity contribution in [2.24, 2.45) is 18.0 Å². The molecule has 9 nitrogen and oxygen atoms in total. The third-order valence-electron chi connectivity index (χ3n) is 5.24. The molecule has 4 N–H and O–H groups in total. The minimum atomic E-state index is -4.54. The van der Waals surface area contributed by atoms with Crippen molar-refractivity contribution in [3.05, 3.63) is 53.7 Å². The topological polar surface area (TPSA) is 118 Å². The third-order valence-corrected chi connectivity index (χ3v) is 5.24. The number of hydrogen-bond acceptors (Lipinski definition) is 6. The first kappa shape index (κ1) is 24.6. The molecule has 12 heteroatoms. The monoisotopic (exact) mass is 475 g/mol. The first-order valence-electron chi connectivity index (χ1n) is 10.2. The lowest BCUT2D eigenvalue weighted by Crippen LogP contribution is -2.47. The molecule has 1 aliphatic rings. The second kappa shape index (κ2) is 9.81. The number of aromatic nitrogens is 2. The molecule has 1 aliphatic heterocycles. The van der Waals surface area contributed by atoms with E-state index in [4.69, 9.17) is 0 Å². The molecule has 0 radical (unpaired) electrons. The summed E-state index contributed by atoms with van der Waals surface area (Å²) in [5.41, 5.74) is 3.40. The predicted octanol–water partition coefficient (Wildman–Crippen LogP) is 2.90. The Morgan fingerprint density at radius 2 is 2.03 bits per heavy atom. The Hall–Kier alpha value is -4.09. The quantitative estimate of drug-likeness (QED) is 0.298. The second-order valence-electron chi connectivity index (χ2n) is 7.68. The molecule has 1 aromatic heterocycles. The molecule has 2 aromatic carbocycles. The highest BCUT2D eigenvalue weighted by Gasteiger charge is 2.38. The van der Waals surface area contributed by atoms with Gasteiger partial charge in [0.1, 0.15) is 12.6 Å². The molecule has 2 heterocycles. The number of nitrogens with zero attached hydrogens (tertiary/aromatic N) is 4. The lowest BCUT2D eigenvalue weighted by atomic mass is 10.1. The van der Waals surface area contributed by atoms with Gasteiger partial charge in [0, 0.05) is 31.4 Å². The molecule has 34 heavy (non-hydrogen) atoms. The minimum absolute atomic E-state index is 0.152. The maximum absolute atomic E-state index is 12.9. The lowest BCUT2D eigenvalue weighted by Gasteiger charge is -2.20. The molecule has 0 fully saturated rings. The van der Waals surface area contributed by atoms with Gasteiger partial charge in [-0.3, -0.25) is 14.3 Å². The van der Waals surface area contributed by atoms with Crippen LogP contribution in [0, 0.1) is 0 Å². The normalized spacial score (nSPS) is 13.7. The van der Waals surface area contributed by atoms with Crippen LogP contribution in [0.3, 0.4) is 0 Å². The zero-order valence-corrected chi connectivity index (χ0v) is 18.6. The summed E-state index contributed by atoms with van der Waals surface area (Å²) >= 11 is 0. The van der Waals surface area contributed by atoms with E-state index in [2.05, 4.69) is 28.1 Å². The van der Waals surface area contributed by atoms with E-state index in [0.717, 1.165) is 23.5 Å². The Morgan fingerprint density at radius 1 is 1.32 bits per heavy atom. The van der Waals surface area contributed by atoms with Crippen LogP contribution in [0.4, 0.5) is 24.5 Å². The van der Waals surface area contributed by atoms with Gasteiger partial charge < -0.3 is 21.4 Å². The Bertz CT molecular complexity index is 1220. The van der Waals surface area contributed by atoms with Gasteiger partial charge >= 0.3 is 6.18 Å². The first-order chi connectivity index (χ1) is 16.0. The number of halogens is 3. The van der Waals surface area contributed by atoms with E-state index < -0.39 is 30.6 Å². The number of carbonyl (C=O) groups excluding carboxylic acids is 2. The van der Waals surface area contributed by atoms with Crippen molar-refractivity contribution < 1.29 is 22.8 Å². The van der Waals surface area contributed by atoms with Crippen LogP contribution in [-0.4, -0.2) is 52.0 Å². The van der Waals surface area contributed by atoms with Crippen LogP contribution in [-0.2, 0) is 18.4 Å². The number of aryl methyl sites for hydroxylation is 1. The molecule has 1 atom stereocenters. The molecule has 0 spiro atoms. The number of hydrazone groups is 1. The van der Waals surface area contributed by atoms with Crippen molar-refractivity contribution in [2.45, 2.75) is 25.7 Å². The summed E-state index contributed by atoms with van der Waals surface area (Å²) in [5, 5.41) is 13.0. The first-order valence-corrected chi connectivity index (χ1v) is 10.2. The van der Waals surface area contributed by atoms with Crippen molar-refractivity contribution in [1.82, 2.24) is 20.0 Å². The number of rotatable bonds is 5. The largest absolute Gasteiger partial charge is 0.408 e. The van der Waals surface area contributed by atoms with E-state index in [1.54, 1.807) is 29.1 Å². The van der Waals surface area contributed by atoms with Crippen molar-refractivity contribution >= 4 is 40.8 Å². The van der Waals surface area contributed by atoms with Crippen LogP contribution in [0.2, 0.25) is 0 Å². The van der Waals surface area contributed by atoms with Crippen LogP contribution >= 0.6 is 0 Å². The van der Waals surface area contributed by atoms with E-state index in [-0.39, 0.29) is 6.54 Å². The molecule has 0 bridgehead atoms. The third kappa shape index (κ3) is 5.27. The highest BCUT2D eigenvalue weighted by Crippen LogP contribution is 2.32. The molecule has 2 amide bonds. The molecule has 0 saturated carbocycles. The van der Waals surface area contributed by atoms with E-state index in [1.165, 1.54) is 4.90 Å². The van der Waals surface area contributed by atoms with Gasteiger partial charge in [0.05, 0.1) is 23.0 Å². The summed E-state index contributed by atoms with van der Waals surface area (Å²) in [6, 6.07) is 9.00. The fraction of sp³-hybridized carbons (Fsp3) is 0.273. The molecule has 180 valence electrons. The number of nitrogens with two attached hydrogens (primary N) is 1. The number of carbonyl (C=O) groups is 2. The van der Waals surface area contributed by atoms with Gasteiger partial charge in [-0.25, -0.2) is 0 Å². The van der Waals surface area contributed by atoms with Gasteiger partial charge in [-0.15, -0.1) is 0 Å². The number of hydrogen-bond donors (Lipinski definition) is 3. The van der Waals surface area contributed by atoms with Crippen molar-refractivity contribution in [3.8, 4) is 0 Å². The Balaban J connectivity index is 0.00000103. The number of fused-ring (bicyclic) bond motifs is 2. The summed E-state index contributed by atoms with van der Waals surface area (Å²) in [6.07, 6.45) is -2.80. The van der Waals surface area contributed by atoms with Gasteiger partial charge in [0.15, 0.2) is 0 Å². The molecule has 4 rings (SSSR count). The van der Waals surface area contributed by atoms with Gasteiger partial charge in [-0.1, -0.05) is 12.1 Å². The van der Waals surface area contributed by atoms with Crippen LogP contribution in [0.25, 0.3) is 10.9 Å². The average molecular weight is 475 g/mol. The Kier molecular flexibility index (Phi) is 7.08. The lowest BCUT2D eigenvalue weighted by molar-refractivity contribution is -0.158. The maximum atomic E-state index is 12.9. The van der Waals surface area contributed by atoms with Gasteiger partial charge in [0.25, 0.3) is 5.91 Å². The Morgan fingerprint density at radius 3 is 2.71 bits per heavy atom. The van der Waals surface area contributed by atoms with Crippen molar-refractivity contribution in [2.75, 3.05) is 11.9 Å². The van der Waals surface area contributed by atoms with E-state index in [0.29, 0.717) is 16.8 Å². The molecule has 0 saturated heterocycles. The predicted molar refractivity (Wildman–Crippen MR) is 123 cm³/mol. The van der Waals surface area contributed by atoms with Gasteiger partial charge in [-0.2, -0.15) is 23.4 Å². The van der Waals surface area contributed by atoms with Gasteiger partial charge in [-0.05, 0) is 36.8 Å². The zero-order chi connectivity index (χ0) is 25.0. The number of amides is 2. The fourth-order valence-electron chi connectivity index (χ4n) is 3.59.